The summed E-state index contributed by atoms with van der Waals surface area (Å²) in [5.41, 5.74) is 1.25. The second-order valence-corrected chi connectivity index (χ2v) is 6.42. The highest BCUT2D eigenvalue weighted by molar-refractivity contribution is 7.21. The Kier molecular flexibility index (Phi) is 4.64. The predicted molar refractivity (Wildman–Crippen MR) is 97.9 cm³/mol. The van der Waals surface area contributed by atoms with Crippen LogP contribution in [0.5, 0.6) is 0 Å². The van der Waals surface area contributed by atoms with Gasteiger partial charge in [-0.1, -0.05) is 41.9 Å². The fraction of sp³-hybridized carbons (Fsp3) is 0. The van der Waals surface area contributed by atoms with Crippen LogP contribution in [0.2, 0.25) is 5.02 Å². The SMILES string of the molecule is O=C(O)/C=C/c1cccc(NC(=O)c2sc3ccccc3c2Cl)c1. The molecule has 120 valence electrons. The predicted octanol–water partition coefficient (Wildman–Crippen LogP) is 4.90. The van der Waals surface area contributed by atoms with E-state index >= 15 is 0 Å². The summed E-state index contributed by atoms with van der Waals surface area (Å²) in [4.78, 5) is 23.5. The van der Waals surface area contributed by atoms with Crippen molar-refractivity contribution in [1.82, 2.24) is 0 Å². The van der Waals surface area contributed by atoms with Crippen LogP contribution in [0.25, 0.3) is 16.2 Å². The van der Waals surface area contributed by atoms with E-state index in [-0.39, 0.29) is 5.91 Å². The summed E-state index contributed by atoms with van der Waals surface area (Å²) in [6.07, 6.45) is 2.51. The first-order valence-corrected chi connectivity index (χ1v) is 8.23. The third kappa shape index (κ3) is 3.48. The summed E-state index contributed by atoms with van der Waals surface area (Å²) in [5, 5.41) is 12.8. The van der Waals surface area contributed by atoms with E-state index in [9.17, 15) is 9.59 Å². The average molecular weight is 358 g/mol. The number of fused-ring (bicyclic) bond motifs is 1. The Balaban J connectivity index is 1.85. The third-order valence-corrected chi connectivity index (χ3v) is 4.98. The maximum atomic E-state index is 12.5. The number of aliphatic carboxylic acids is 1. The van der Waals surface area contributed by atoms with Crippen LogP contribution in [0.3, 0.4) is 0 Å². The van der Waals surface area contributed by atoms with Gasteiger partial charge in [0.15, 0.2) is 0 Å². The molecule has 3 rings (SSSR count). The highest BCUT2D eigenvalue weighted by Gasteiger charge is 2.16. The fourth-order valence-corrected chi connectivity index (χ4v) is 3.65. The summed E-state index contributed by atoms with van der Waals surface area (Å²) in [6, 6.07) is 14.5. The molecule has 1 aromatic heterocycles. The van der Waals surface area contributed by atoms with E-state index in [0.29, 0.717) is 21.2 Å². The number of halogens is 1. The molecule has 0 fully saturated rings. The summed E-state index contributed by atoms with van der Waals surface area (Å²) in [7, 11) is 0. The lowest BCUT2D eigenvalue weighted by atomic mass is 10.2. The molecule has 0 atom stereocenters. The molecule has 2 aromatic carbocycles. The zero-order valence-corrected chi connectivity index (χ0v) is 13.9. The number of hydrogen-bond acceptors (Lipinski definition) is 3. The summed E-state index contributed by atoms with van der Waals surface area (Å²) in [6.45, 7) is 0. The number of rotatable bonds is 4. The minimum absolute atomic E-state index is 0.291. The van der Waals surface area contributed by atoms with Crippen molar-refractivity contribution >= 4 is 56.7 Å². The molecule has 0 aliphatic rings. The van der Waals surface area contributed by atoms with Crippen molar-refractivity contribution in [3.63, 3.8) is 0 Å². The molecule has 0 aliphatic heterocycles. The van der Waals surface area contributed by atoms with Gasteiger partial charge in [-0.15, -0.1) is 11.3 Å². The first-order chi connectivity index (χ1) is 11.5. The second-order valence-electron chi connectivity index (χ2n) is 4.99. The second kappa shape index (κ2) is 6.86. The lowest BCUT2D eigenvalue weighted by Crippen LogP contribution is -2.10. The Morgan fingerprint density at radius 2 is 1.92 bits per heavy atom. The molecule has 3 aromatic rings. The zero-order valence-electron chi connectivity index (χ0n) is 12.3. The van der Waals surface area contributed by atoms with Crippen LogP contribution in [-0.2, 0) is 4.79 Å². The van der Waals surface area contributed by atoms with Crippen molar-refractivity contribution < 1.29 is 14.7 Å². The van der Waals surface area contributed by atoms with Crippen molar-refractivity contribution in [2.24, 2.45) is 0 Å². The number of amides is 1. The van der Waals surface area contributed by atoms with Crippen LogP contribution in [0.15, 0.2) is 54.6 Å². The minimum Gasteiger partial charge on any atom is -0.478 e. The molecule has 0 radical (unpaired) electrons. The summed E-state index contributed by atoms with van der Waals surface area (Å²) < 4.78 is 0.950. The molecule has 0 saturated heterocycles. The van der Waals surface area contributed by atoms with Crippen LogP contribution in [0.4, 0.5) is 5.69 Å². The summed E-state index contributed by atoms with van der Waals surface area (Å²) in [5.74, 6) is -1.32. The molecule has 1 amide bonds. The fourth-order valence-electron chi connectivity index (χ4n) is 2.24. The number of carboxylic acid groups (broad SMARTS) is 1. The maximum Gasteiger partial charge on any atom is 0.328 e. The number of anilines is 1. The third-order valence-electron chi connectivity index (χ3n) is 3.30. The molecular formula is C18H12ClNO3S. The molecule has 0 bridgehead atoms. The van der Waals surface area contributed by atoms with Gasteiger partial charge in [-0.2, -0.15) is 0 Å². The molecular weight excluding hydrogens is 346 g/mol. The van der Waals surface area contributed by atoms with Gasteiger partial charge < -0.3 is 10.4 Å². The lowest BCUT2D eigenvalue weighted by molar-refractivity contribution is -0.131. The standard InChI is InChI=1S/C18H12ClNO3S/c19-16-13-6-1-2-7-14(13)24-17(16)18(23)20-12-5-3-4-11(10-12)8-9-15(21)22/h1-10H,(H,20,23)(H,21,22)/b9-8+. The van der Waals surface area contributed by atoms with Gasteiger partial charge in [0.05, 0.1) is 5.02 Å². The van der Waals surface area contributed by atoms with Gasteiger partial charge >= 0.3 is 5.97 Å². The highest BCUT2D eigenvalue weighted by Crippen LogP contribution is 2.35. The van der Waals surface area contributed by atoms with Crippen LogP contribution in [0, 0.1) is 0 Å². The van der Waals surface area contributed by atoms with Gasteiger partial charge in [0, 0.05) is 21.8 Å². The Morgan fingerprint density at radius 1 is 1.12 bits per heavy atom. The number of thiophene rings is 1. The van der Waals surface area contributed by atoms with E-state index in [0.717, 1.165) is 16.2 Å². The highest BCUT2D eigenvalue weighted by atomic mass is 35.5. The quantitative estimate of drug-likeness (QED) is 0.652. The zero-order chi connectivity index (χ0) is 17.1. The van der Waals surface area contributed by atoms with Crippen molar-refractivity contribution in [2.75, 3.05) is 5.32 Å². The van der Waals surface area contributed by atoms with E-state index in [4.69, 9.17) is 16.7 Å². The maximum absolute atomic E-state index is 12.5. The van der Waals surface area contributed by atoms with Crippen LogP contribution < -0.4 is 5.32 Å². The summed E-state index contributed by atoms with van der Waals surface area (Å²) >= 11 is 7.64. The number of carbonyl (C=O) groups excluding carboxylic acids is 1. The Bertz CT molecular complexity index is 962. The van der Waals surface area contributed by atoms with E-state index in [1.807, 2.05) is 24.3 Å². The first kappa shape index (κ1) is 16.2. The molecule has 0 saturated carbocycles. The molecule has 2 N–H and O–H groups in total. The molecule has 0 aliphatic carbocycles. The normalized spacial score (nSPS) is 11.0. The lowest BCUT2D eigenvalue weighted by Gasteiger charge is -2.05. The number of carbonyl (C=O) groups is 2. The van der Waals surface area contributed by atoms with Crippen LogP contribution in [0.1, 0.15) is 15.2 Å². The van der Waals surface area contributed by atoms with Gasteiger partial charge in [-0.3, -0.25) is 4.79 Å². The minimum atomic E-state index is -1.03. The van der Waals surface area contributed by atoms with Crippen LogP contribution >= 0.6 is 22.9 Å². The first-order valence-electron chi connectivity index (χ1n) is 7.04. The average Bonchev–Trinajstić information content (AvgIpc) is 2.91. The van der Waals surface area contributed by atoms with Gasteiger partial charge in [0.2, 0.25) is 0 Å². The van der Waals surface area contributed by atoms with Gasteiger partial charge in [0.25, 0.3) is 5.91 Å². The van der Waals surface area contributed by atoms with Gasteiger partial charge in [-0.05, 0) is 29.8 Å². The van der Waals surface area contributed by atoms with Gasteiger partial charge in [0.1, 0.15) is 4.88 Å². The molecule has 24 heavy (non-hydrogen) atoms. The smallest absolute Gasteiger partial charge is 0.328 e. The largest absolute Gasteiger partial charge is 0.478 e. The van der Waals surface area contributed by atoms with E-state index in [1.54, 1.807) is 24.3 Å². The molecule has 1 heterocycles. The van der Waals surface area contributed by atoms with E-state index < -0.39 is 5.97 Å². The molecule has 0 unspecified atom stereocenters. The van der Waals surface area contributed by atoms with E-state index in [1.165, 1.54) is 17.4 Å². The van der Waals surface area contributed by atoms with Crippen molar-refractivity contribution in [2.45, 2.75) is 0 Å². The number of hydrogen-bond donors (Lipinski definition) is 2. The number of nitrogens with one attached hydrogen (secondary N) is 1. The number of benzene rings is 2. The van der Waals surface area contributed by atoms with Crippen LogP contribution in [-0.4, -0.2) is 17.0 Å². The van der Waals surface area contributed by atoms with Crippen molar-refractivity contribution in [1.29, 1.82) is 0 Å². The Labute approximate surface area is 147 Å². The van der Waals surface area contributed by atoms with E-state index in [2.05, 4.69) is 5.32 Å². The van der Waals surface area contributed by atoms with Crippen molar-refractivity contribution in [3.8, 4) is 0 Å². The monoisotopic (exact) mass is 357 g/mol. The molecule has 0 spiro atoms. The molecule has 4 nitrogen and oxygen atoms in total. The Morgan fingerprint density at radius 3 is 2.67 bits per heavy atom. The topological polar surface area (TPSA) is 66.4 Å². The van der Waals surface area contributed by atoms with Crippen molar-refractivity contribution in [3.05, 3.63) is 70.1 Å². The number of carboxylic acids is 1. The van der Waals surface area contributed by atoms with Gasteiger partial charge in [-0.25, -0.2) is 4.79 Å². The Hall–Kier alpha value is -2.63. The molecule has 6 heteroatoms.